The van der Waals surface area contributed by atoms with Gasteiger partial charge in [0, 0.05) is 26.1 Å². The molecule has 300 valence electrons. The van der Waals surface area contributed by atoms with Crippen LogP contribution in [0, 0.1) is 5.92 Å². The number of piperidine rings is 1. The number of carbonyl (C=O) groups is 7. The van der Waals surface area contributed by atoms with Crippen molar-refractivity contribution in [1.82, 2.24) is 30.7 Å². The maximum atomic E-state index is 14.7. The molecule has 6 rings (SSSR count). The molecule has 7 amide bonds. The van der Waals surface area contributed by atoms with Gasteiger partial charge in [0.25, 0.3) is 0 Å². The van der Waals surface area contributed by atoms with E-state index in [0.717, 1.165) is 0 Å². The van der Waals surface area contributed by atoms with Gasteiger partial charge in [-0.1, -0.05) is 61.0 Å². The molecule has 16 heteroatoms. The smallest absolute Gasteiger partial charge is 0.329 e. The molecule has 0 aliphatic carbocycles. The Morgan fingerprint density at radius 1 is 0.821 bits per heavy atom. The minimum atomic E-state index is -1.48. The van der Waals surface area contributed by atoms with E-state index < -0.39 is 83.9 Å². The van der Waals surface area contributed by atoms with E-state index in [-0.39, 0.29) is 30.5 Å². The van der Waals surface area contributed by atoms with Gasteiger partial charge in [0.2, 0.25) is 29.5 Å². The highest BCUT2D eigenvalue weighted by Crippen LogP contribution is 2.29. The SMILES string of the molecule is CC1CC2C(=O)OC(C)C(NC(=O)C(Cc3ccccc3)NC(=O)Nc3ccccc3Cl)C(=O)N3CCCC3C(=O)N3CCCCC3C(=O)NC(C)C(=O)N2C1. The van der Waals surface area contributed by atoms with Gasteiger partial charge in [0.15, 0.2) is 0 Å². The number of hydrogen-bond acceptors (Lipinski definition) is 8. The number of cyclic esters (lactones) is 1. The summed E-state index contributed by atoms with van der Waals surface area (Å²) in [5, 5.41) is 11.2. The van der Waals surface area contributed by atoms with Crippen molar-refractivity contribution in [1.29, 1.82) is 0 Å². The molecule has 2 aromatic rings. The molecule has 4 fully saturated rings. The van der Waals surface area contributed by atoms with Gasteiger partial charge in [-0.3, -0.25) is 24.0 Å². The zero-order chi connectivity index (χ0) is 40.1. The van der Waals surface area contributed by atoms with Crippen LogP contribution in [0.15, 0.2) is 54.6 Å². The lowest BCUT2D eigenvalue weighted by Crippen LogP contribution is -2.63. The summed E-state index contributed by atoms with van der Waals surface area (Å²) < 4.78 is 5.94. The van der Waals surface area contributed by atoms with Crippen LogP contribution >= 0.6 is 11.6 Å². The molecule has 0 bridgehead atoms. The van der Waals surface area contributed by atoms with Gasteiger partial charge in [0.05, 0.1) is 10.7 Å². The molecule has 4 N–H and O–H groups in total. The second-order valence-corrected chi connectivity index (χ2v) is 15.7. The number of halogens is 1. The Morgan fingerprint density at radius 2 is 1.50 bits per heavy atom. The van der Waals surface area contributed by atoms with Crippen molar-refractivity contribution in [2.75, 3.05) is 25.0 Å². The number of rotatable bonds is 6. The zero-order valence-corrected chi connectivity index (χ0v) is 32.6. The summed E-state index contributed by atoms with van der Waals surface area (Å²) in [7, 11) is 0. The van der Waals surface area contributed by atoms with Gasteiger partial charge >= 0.3 is 12.0 Å². The van der Waals surface area contributed by atoms with Crippen LogP contribution < -0.4 is 21.3 Å². The fourth-order valence-corrected chi connectivity index (χ4v) is 8.34. The first-order chi connectivity index (χ1) is 26.8. The second-order valence-electron chi connectivity index (χ2n) is 15.3. The largest absolute Gasteiger partial charge is 0.458 e. The molecule has 4 aliphatic rings. The number of fused-ring (bicyclic) bond motifs is 3. The van der Waals surface area contributed by atoms with E-state index in [1.165, 1.54) is 21.6 Å². The highest BCUT2D eigenvalue weighted by atomic mass is 35.5. The molecular weight excluding hydrogens is 742 g/mol. The summed E-state index contributed by atoms with van der Waals surface area (Å²) in [5.74, 6) is -3.56. The van der Waals surface area contributed by atoms with Crippen LogP contribution in [-0.4, -0.2) is 118 Å². The van der Waals surface area contributed by atoms with Crippen LogP contribution in [-0.2, 0) is 39.9 Å². The Kier molecular flexibility index (Phi) is 12.8. The molecule has 8 atom stereocenters. The lowest BCUT2D eigenvalue weighted by atomic mass is 9.99. The number of esters is 1. The minimum Gasteiger partial charge on any atom is -0.458 e. The lowest BCUT2D eigenvalue weighted by molar-refractivity contribution is -0.163. The first-order valence-corrected chi connectivity index (χ1v) is 19.8. The van der Waals surface area contributed by atoms with E-state index >= 15 is 0 Å². The normalized spacial score (nSPS) is 28.0. The van der Waals surface area contributed by atoms with Gasteiger partial charge in [-0.2, -0.15) is 0 Å². The lowest BCUT2D eigenvalue weighted by Gasteiger charge is -2.39. The monoisotopic (exact) mass is 791 g/mol. The summed E-state index contributed by atoms with van der Waals surface area (Å²) in [4.78, 5) is 102. The third-order valence-corrected chi connectivity index (χ3v) is 11.4. The quantitative estimate of drug-likeness (QED) is 0.322. The average molecular weight is 792 g/mol. The average Bonchev–Trinajstić information content (AvgIpc) is 3.84. The molecule has 0 aromatic heterocycles. The van der Waals surface area contributed by atoms with E-state index in [1.807, 2.05) is 13.0 Å². The summed E-state index contributed by atoms with van der Waals surface area (Å²) in [5.41, 5.74) is 1.04. The van der Waals surface area contributed by atoms with Crippen LogP contribution in [0.2, 0.25) is 5.02 Å². The Balaban J connectivity index is 1.33. The Hall–Kier alpha value is -5.18. The number of nitrogens with zero attached hydrogens (tertiary/aromatic N) is 3. The van der Waals surface area contributed by atoms with Gasteiger partial charge in [-0.25, -0.2) is 9.59 Å². The van der Waals surface area contributed by atoms with Crippen LogP contribution in [0.4, 0.5) is 10.5 Å². The zero-order valence-electron chi connectivity index (χ0n) is 31.9. The molecule has 15 nitrogen and oxygen atoms in total. The molecular formula is C40H50ClN7O8. The fraction of sp³-hybridized carbons (Fsp3) is 0.525. The van der Waals surface area contributed by atoms with Crippen LogP contribution in [0.1, 0.15) is 64.9 Å². The molecule has 0 saturated carbocycles. The summed E-state index contributed by atoms with van der Waals surface area (Å²) in [6.07, 6.45) is 1.66. The number of anilines is 1. The number of urea groups is 1. The van der Waals surface area contributed by atoms with Gasteiger partial charge in [-0.15, -0.1) is 0 Å². The molecule has 0 spiro atoms. The standard InChI is InChI=1S/C40H50ClN7O8/c1-23-20-32-39(54)56-25(3)33(45-34(49)29(21-26-12-5-4-6-13-26)44-40(55)43-28-15-8-7-14-27(28)41)38(53)47-19-11-17-31(47)37(52)46-18-10-9-16-30(46)35(50)42-24(2)36(51)48(32)22-23/h4-8,12-15,23-25,29-33H,9-11,16-22H2,1-3H3,(H,42,50)(H,45,49)(H2,43,44,55). The third-order valence-electron chi connectivity index (χ3n) is 11.1. The van der Waals surface area contributed by atoms with Crippen LogP contribution in [0.25, 0.3) is 0 Å². The van der Waals surface area contributed by atoms with Crippen LogP contribution in [0.3, 0.4) is 0 Å². The number of hydrogen-bond donors (Lipinski definition) is 4. The van der Waals surface area contributed by atoms with E-state index in [1.54, 1.807) is 55.5 Å². The first-order valence-electron chi connectivity index (χ1n) is 19.4. The van der Waals surface area contributed by atoms with E-state index in [0.29, 0.717) is 56.3 Å². The van der Waals surface area contributed by atoms with E-state index in [9.17, 15) is 33.6 Å². The fourth-order valence-electron chi connectivity index (χ4n) is 8.16. The second kappa shape index (κ2) is 17.7. The topological polar surface area (TPSA) is 187 Å². The Labute approximate surface area is 331 Å². The summed E-state index contributed by atoms with van der Waals surface area (Å²) >= 11 is 6.26. The number of amides is 7. The van der Waals surface area contributed by atoms with Crippen molar-refractivity contribution >= 4 is 58.8 Å². The van der Waals surface area contributed by atoms with Crippen molar-refractivity contribution in [3.8, 4) is 0 Å². The number of benzene rings is 2. The molecule has 0 radical (unpaired) electrons. The van der Waals surface area contributed by atoms with Gasteiger partial charge < -0.3 is 40.7 Å². The van der Waals surface area contributed by atoms with Crippen molar-refractivity contribution in [2.24, 2.45) is 5.92 Å². The molecule has 56 heavy (non-hydrogen) atoms. The van der Waals surface area contributed by atoms with Gasteiger partial charge in [0.1, 0.15) is 42.4 Å². The van der Waals surface area contributed by atoms with E-state index in [2.05, 4.69) is 21.3 Å². The predicted molar refractivity (Wildman–Crippen MR) is 206 cm³/mol. The minimum absolute atomic E-state index is 0.0378. The number of nitrogens with one attached hydrogen (secondary N) is 4. The van der Waals surface area contributed by atoms with Crippen molar-refractivity contribution in [2.45, 2.75) is 108 Å². The third kappa shape index (κ3) is 9.09. The van der Waals surface area contributed by atoms with Crippen molar-refractivity contribution in [3.05, 3.63) is 65.2 Å². The number of ether oxygens (including phenoxy) is 1. The number of carbonyl (C=O) groups excluding carboxylic acids is 7. The first kappa shape index (κ1) is 40.5. The maximum absolute atomic E-state index is 14.7. The molecule has 4 saturated heterocycles. The Bertz CT molecular complexity index is 1830. The summed E-state index contributed by atoms with van der Waals surface area (Å²) in [6.45, 7) is 5.69. The molecule has 8 unspecified atom stereocenters. The molecule has 4 aliphatic heterocycles. The predicted octanol–water partition coefficient (Wildman–Crippen LogP) is 2.62. The van der Waals surface area contributed by atoms with Gasteiger partial charge in [-0.05, 0) is 76.0 Å². The van der Waals surface area contributed by atoms with Crippen LogP contribution in [0.5, 0.6) is 0 Å². The Morgan fingerprint density at radius 3 is 2.25 bits per heavy atom. The summed E-state index contributed by atoms with van der Waals surface area (Å²) in [6, 6.07) is 8.43. The molecule has 4 heterocycles. The number of para-hydroxylation sites is 1. The van der Waals surface area contributed by atoms with Crippen molar-refractivity contribution < 1.29 is 38.3 Å². The molecule has 2 aromatic carbocycles. The maximum Gasteiger partial charge on any atom is 0.329 e. The van der Waals surface area contributed by atoms with E-state index in [4.69, 9.17) is 16.3 Å². The highest BCUT2D eigenvalue weighted by molar-refractivity contribution is 6.33. The van der Waals surface area contributed by atoms with Crippen molar-refractivity contribution in [3.63, 3.8) is 0 Å². The highest BCUT2D eigenvalue weighted by Gasteiger charge is 2.47.